The molecule has 1 saturated heterocycles. The van der Waals surface area contributed by atoms with Crippen molar-refractivity contribution in [1.82, 2.24) is 0 Å². The first-order valence-corrected chi connectivity index (χ1v) is 14.2. The largest absolute Gasteiger partial charge is 0.472 e. The zero-order valence-electron chi connectivity index (χ0n) is 24.1. The third-order valence-electron chi connectivity index (χ3n) is 11.0. The van der Waals surface area contributed by atoms with Gasteiger partial charge in [0.25, 0.3) is 0 Å². The van der Waals surface area contributed by atoms with Gasteiger partial charge in [0.05, 0.1) is 31.5 Å². The molecule has 9 unspecified atom stereocenters. The summed E-state index contributed by atoms with van der Waals surface area (Å²) in [7, 11) is 1.34. The third-order valence-corrected chi connectivity index (χ3v) is 11.0. The Bertz CT molecular complexity index is 1310. The second kappa shape index (κ2) is 8.54. The van der Waals surface area contributed by atoms with Crippen molar-refractivity contribution in [3.05, 3.63) is 35.8 Å². The van der Waals surface area contributed by atoms with E-state index in [0.29, 0.717) is 12.8 Å². The SMILES string of the molecule is COC(=O)CC1C(C)(C)C(OC(=O)C(C)C)C2C(=O)C1(C)C1CCC3(C)C(=CC(=O)OC3c3ccoc3)C13OC23. The highest BCUT2D eigenvalue weighted by Gasteiger charge is 2.84. The number of methoxy groups -OCH3 is 1. The minimum atomic E-state index is -0.981. The molecule has 2 aliphatic heterocycles. The van der Waals surface area contributed by atoms with Gasteiger partial charge in [-0.05, 0) is 30.4 Å². The summed E-state index contributed by atoms with van der Waals surface area (Å²) in [6, 6.07) is 1.80. The number of carbonyl (C=O) groups is 4. The molecule has 40 heavy (non-hydrogen) atoms. The van der Waals surface area contributed by atoms with E-state index in [1.807, 2.05) is 20.8 Å². The summed E-state index contributed by atoms with van der Waals surface area (Å²) in [6.07, 6.45) is 4.06. The van der Waals surface area contributed by atoms with Crippen molar-refractivity contribution in [3.63, 3.8) is 0 Å². The lowest BCUT2D eigenvalue weighted by atomic mass is 9.38. The minimum absolute atomic E-state index is 0.00143. The Hall–Kier alpha value is -2.94. The average molecular weight is 555 g/mol. The van der Waals surface area contributed by atoms with Crippen LogP contribution in [0.1, 0.15) is 72.5 Å². The Kier molecular flexibility index (Phi) is 5.81. The number of epoxide rings is 1. The van der Waals surface area contributed by atoms with Gasteiger partial charge in [0, 0.05) is 40.2 Å². The molecule has 0 amide bonds. The van der Waals surface area contributed by atoms with Crippen LogP contribution in [-0.4, -0.2) is 48.6 Å². The van der Waals surface area contributed by atoms with Gasteiger partial charge < -0.3 is 23.4 Å². The predicted molar refractivity (Wildman–Crippen MR) is 139 cm³/mol. The Morgan fingerprint density at radius 3 is 2.50 bits per heavy atom. The Morgan fingerprint density at radius 1 is 1.15 bits per heavy atom. The number of Topliss-reactive ketones (excluding diaryl/α,β-unsaturated/α-hetero) is 1. The van der Waals surface area contributed by atoms with Crippen molar-refractivity contribution in [2.75, 3.05) is 7.11 Å². The van der Waals surface area contributed by atoms with Crippen molar-refractivity contribution in [3.8, 4) is 0 Å². The predicted octanol–water partition coefficient (Wildman–Crippen LogP) is 4.35. The van der Waals surface area contributed by atoms with Crippen LogP contribution >= 0.6 is 0 Å². The number of furan rings is 1. The quantitative estimate of drug-likeness (QED) is 0.297. The van der Waals surface area contributed by atoms with Gasteiger partial charge in [-0.15, -0.1) is 0 Å². The molecule has 216 valence electrons. The Morgan fingerprint density at radius 2 is 1.88 bits per heavy atom. The van der Waals surface area contributed by atoms with Gasteiger partial charge in [0.2, 0.25) is 0 Å². The highest BCUT2D eigenvalue weighted by atomic mass is 16.6. The number of fused-ring (bicyclic) bond motifs is 5. The molecule has 5 aliphatic rings. The molecule has 6 rings (SSSR count). The second-order valence-corrected chi connectivity index (χ2v) is 13.6. The van der Waals surface area contributed by atoms with E-state index in [9.17, 15) is 19.2 Å². The molecular formula is C31H38O9. The molecule has 2 bridgehead atoms. The molecule has 1 aromatic heterocycles. The number of ketones is 1. The van der Waals surface area contributed by atoms with Crippen LogP contribution in [0.25, 0.3) is 0 Å². The van der Waals surface area contributed by atoms with Crippen LogP contribution in [0.15, 0.2) is 34.7 Å². The summed E-state index contributed by atoms with van der Waals surface area (Å²) in [6.45, 7) is 11.5. The Balaban J connectivity index is 1.52. The van der Waals surface area contributed by atoms with Crippen molar-refractivity contribution < 1.29 is 42.5 Å². The van der Waals surface area contributed by atoms with Gasteiger partial charge in [-0.25, -0.2) is 4.79 Å². The first-order valence-electron chi connectivity index (χ1n) is 14.2. The van der Waals surface area contributed by atoms with Crippen molar-refractivity contribution >= 4 is 23.7 Å². The summed E-state index contributed by atoms with van der Waals surface area (Å²) in [5.41, 5.74) is -1.63. The summed E-state index contributed by atoms with van der Waals surface area (Å²) >= 11 is 0. The molecule has 9 nitrogen and oxygen atoms in total. The van der Waals surface area contributed by atoms with Gasteiger partial charge in [-0.1, -0.05) is 41.5 Å². The highest BCUT2D eigenvalue weighted by Crippen LogP contribution is 2.76. The van der Waals surface area contributed by atoms with E-state index in [2.05, 4.69) is 6.92 Å². The molecule has 3 aliphatic carbocycles. The maximum atomic E-state index is 14.6. The van der Waals surface area contributed by atoms with Crippen LogP contribution < -0.4 is 0 Å². The molecule has 0 radical (unpaired) electrons. The van der Waals surface area contributed by atoms with Crippen LogP contribution in [0.2, 0.25) is 0 Å². The fourth-order valence-corrected chi connectivity index (χ4v) is 9.02. The maximum absolute atomic E-state index is 14.6. The van der Waals surface area contributed by atoms with Crippen molar-refractivity contribution in [2.24, 2.45) is 39.9 Å². The molecule has 0 aromatic carbocycles. The fraction of sp³-hybridized carbons (Fsp3) is 0.677. The van der Waals surface area contributed by atoms with E-state index >= 15 is 0 Å². The van der Waals surface area contributed by atoms with Crippen molar-refractivity contribution in [2.45, 2.75) is 84.7 Å². The van der Waals surface area contributed by atoms with E-state index in [4.69, 9.17) is 23.4 Å². The van der Waals surface area contributed by atoms with E-state index in [0.717, 1.165) is 11.1 Å². The molecular weight excluding hydrogens is 516 g/mol. The normalized spacial score (nSPS) is 42.5. The van der Waals surface area contributed by atoms with Gasteiger partial charge in [0.15, 0.2) is 0 Å². The van der Waals surface area contributed by atoms with Crippen LogP contribution in [0.4, 0.5) is 0 Å². The summed E-state index contributed by atoms with van der Waals surface area (Å²) in [5.74, 6) is -3.23. The van der Waals surface area contributed by atoms with E-state index in [1.165, 1.54) is 7.11 Å². The van der Waals surface area contributed by atoms with Crippen LogP contribution in [0.3, 0.4) is 0 Å². The van der Waals surface area contributed by atoms with Gasteiger partial charge in [-0.2, -0.15) is 0 Å². The van der Waals surface area contributed by atoms with Gasteiger partial charge >= 0.3 is 17.9 Å². The maximum Gasteiger partial charge on any atom is 0.331 e. The average Bonchev–Trinajstić information content (AvgIpc) is 3.35. The zero-order valence-corrected chi connectivity index (χ0v) is 24.1. The van der Waals surface area contributed by atoms with Crippen LogP contribution in [-0.2, 0) is 38.1 Å². The molecule has 4 fully saturated rings. The molecule has 9 heteroatoms. The zero-order chi connectivity index (χ0) is 29.0. The van der Waals surface area contributed by atoms with Gasteiger partial charge in [0.1, 0.15) is 29.7 Å². The standard InChI is InChI=1S/C31H38O9/c1-15(2)27(35)39-25-22-23(34)30(6,18(28(25,3)4)12-20(32)36-7)17-8-10-29(5)19(31(17)26(22)40-31)13-21(33)38-24(29)16-9-11-37-14-16/h9,11,13-15,17-18,22,24-26H,8,10,12H2,1-7H3. The summed E-state index contributed by atoms with van der Waals surface area (Å²) in [4.78, 5) is 53.4. The number of hydrogen-bond donors (Lipinski definition) is 0. The first-order chi connectivity index (χ1) is 18.7. The summed E-state index contributed by atoms with van der Waals surface area (Å²) < 4.78 is 29.1. The van der Waals surface area contributed by atoms with Crippen molar-refractivity contribution in [1.29, 1.82) is 0 Å². The first kappa shape index (κ1) is 27.2. The number of esters is 3. The Labute approximate surface area is 233 Å². The lowest BCUT2D eigenvalue weighted by Gasteiger charge is -2.63. The van der Waals surface area contributed by atoms with E-state index in [-0.39, 0.29) is 18.1 Å². The number of cyclic esters (lactones) is 1. The molecule has 1 spiro atoms. The number of hydrogen-bond acceptors (Lipinski definition) is 9. The lowest BCUT2D eigenvalue weighted by Crippen LogP contribution is -2.71. The van der Waals surface area contributed by atoms with E-state index < -0.39 is 75.8 Å². The van der Waals surface area contributed by atoms with Gasteiger partial charge in [-0.3, -0.25) is 14.4 Å². The number of rotatable bonds is 5. The third kappa shape index (κ3) is 3.30. The second-order valence-electron chi connectivity index (χ2n) is 13.6. The monoisotopic (exact) mass is 554 g/mol. The minimum Gasteiger partial charge on any atom is -0.472 e. The topological polar surface area (TPSA) is 122 Å². The number of carbonyl (C=O) groups excluding carboxylic acids is 4. The lowest BCUT2D eigenvalue weighted by molar-refractivity contribution is -0.205. The molecule has 9 atom stereocenters. The highest BCUT2D eigenvalue weighted by molar-refractivity contribution is 5.94. The molecule has 1 aromatic rings. The molecule has 3 saturated carbocycles. The molecule has 0 N–H and O–H groups in total. The number of ether oxygens (including phenoxy) is 4. The van der Waals surface area contributed by atoms with Crippen LogP contribution in [0.5, 0.6) is 0 Å². The summed E-state index contributed by atoms with van der Waals surface area (Å²) in [5, 5.41) is 0. The van der Waals surface area contributed by atoms with E-state index in [1.54, 1.807) is 38.5 Å². The smallest absolute Gasteiger partial charge is 0.331 e. The van der Waals surface area contributed by atoms with Crippen LogP contribution in [0, 0.1) is 39.9 Å². The fourth-order valence-electron chi connectivity index (χ4n) is 9.02. The molecule has 3 heterocycles.